The van der Waals surface area contributed by atoms with Crippen LogP contribution in [0, 0.1) is 6.92 Å². The predicted octanol–water partition coefficient (Wildman–Crippen LogP) is -1.12. The van der Waals surface area contributed by atoms with Crippen LogP contribution in [0.15, 0.2) is 34.9 Å². The van der Waals surface area contributed by atoms with Crippen molar-refractivity contribution in [2.45, 2.75) is 49.1 Å². The summed E-state index contributed by atoms with van der Waals surface area (Å²) < 4.78 is 33.2. The molecule has 172 valence electrons. The van der Waals surface area contributed by atoms with Gasteiger partial charge in [0.2, 0.25) is 21.7 Å². The first kappa shape index (κ1) is 25.0. The lowest BCUT2D eigenvalue weighted by molar-refractivity contribution is -0.146. The number of benzene rings is 1. The maximum Gasteiger partial charge on any atom is 0.370 e. The van der Waals surface area contributed by atoms with E-state index in [1.54, 1.807) is 6.92 Å². The van der Waals surface area contributed by atoms with Crippen molar-refractivity contribution in [2.75, 3.05) is 6.61 Å². The Hall–Kier alpha value is -2.22. The standard InChI is InChI=1S/C18H23ClN2O9S/c1-8-3-4-10(5-11(8)19)31(28,29)21-12-6-14(18(26)27)30-17(15(12)20-9(2)23)16(25)13(24)7-22/h3-6,12-13,15-17,21-22,24-25H,7H2,1-2H3,(H,20,23)(H,26,27)/t12-,13?,15+,16+,17+/m0/s1. The van der Waals surface area contributed by atoms with Crippen LogP contribution in [0.1, 0.15) is 12.5 Å². The van der Waals surface area contributed by atoms with Crippen molar-refractivity contribution < 1.29 is 43.2 Å². The fourth-order valence-corrected chi connectivity index (χ4v) is 4.44. The number of hydrogen-bond donors (Lipinski definition) is 6. The second-order valence-electron chi connectivity index (χ2n) is 6.94. The Labute approximate surface area is 183 Å². The quantitative estimate of drug-likeness (QED) is 0.269. The third kappa shape index (κ3) is 5.93. The van der Waals surface area contributed by atoms with Crippen LogP contribution in [0.25, 0.3) is 0 Å². The van der Waals surface area contributed by atoms with Gasteiger partial charge in [-0.1, -0.05) is 17.7 Å². The van der Waals surface area contributed by atoms with Gasteiger partial charge in [0.05, 0.1) is 23.6 Å². The molecule has 6 N–H and O–H groups in total. The van der Waals surface area contributed by atoms with E-state index in [0.29, 0.717) is 5.56 Å². The molecular formula is C18H23ClN2O9S. The SMILES string of the molecule is CC(=O)N[C@H]1[C@H]([C@H](O)C(O)CO)OC(C(=O)O)=C[C@@H]1NS(=O)(=O)c1ccc(C)c(Cl)c1. The Bertz CT molecular complexity index is 982. The van der Waals surface area contributed by atoms with E-state index >= 15 is 0 Å². The molecule has 0 aromatic heterocycles. The Kier molecular flexibility index (Phi) is 8.03. The molecule has 1 amide bonds. The minimum absolute atomic E-state index is 0.189. The summed E-state index contributed by atoms with van der Waals surface area (Å²) in [6.07, 6.45) is -4.28. The second kappa shape index (κ2) is 9.94. The Morgan fingerprint density at radius 1 is 1.29 bits per heavy atom. The maximum absolute atomic E-state index is 12.9. The highest BCUT2D eigenvalue weighted by Gasteiger charge is 2.44. The third-order valence-corrected chi connectivity index (χ3v) is 6.44. The first-order valence-electron chi connectivity index (χ1n) is 9.01. The number of nitrogens with one attached hydrogen (secondary N) is 2. The number of rotatable bonds is 8. The molecule has 1 unspecified atom stereocenters. The molecule has 1 heterocycles. The van der Waals surface area contributed by atoms with E-state index < -0.39 is 64.7 Å². The minimum atomic E-state index is -4.26. The van der Waals surface area contributed by atoms with Gasteiger partial charge in [-0.3, -0.25) is 4.79 Å². The van der Waals surface area contributed by atoms with E-state index in [0.717, 1.165) is 13.0 Å². The highest BCUT2D eigenvalue weighted by molar-refractivity contribution is 7.89. The first-order valence-corrected chi connectivity index (χ1v) is 10.9. The van der Waals surface area contributed by atoms with Gasteiger partial charge in [0, 0.05) is 11.9 Å². The van der Waals surface area contributed by atoms with Crippen LogP contribution in [0.5, 0.6) is 0 Å². The number of carbonyl (C=O) groups is 2. The van der Waals surface area contributed by atoms with Crippen LogP contribution >= 0.6 is 11.6 Å². The highest BCUT2D eigenvalue weighted by Crippen LogP contribution is 2.25. The zero-order chi connectivity index (χ0) is 23.5. The highest BCUT2D eigenvalue weighted by atomic mass is 35.5. The topological polar surface area (TPSA) is 182 Å². The maximum atomic E-state index is 12.9. The summed E-state index contributed by atoms with van der Waals surface area (Å²) in [6, 6.07) is 1.26. The molecule has 0 aliphatic carbocycles. The summed E-state index contributed by atoms with van der Waals surface area (Å²) in [4.78, 5) is 23.0. The van der Waals surface area contributed by atoms with Crippen molar-refractivity contribution in [3.63, 3.8) is 0 Å². The van der Waals surface area contributed by atoms with Gasteiger partial charge >= 0.3 is 5.97 Å². The van der Waals surface area contributed by atoms with Crippen LogP contribution < -0.4 is 10.0 Å². The van der Waals surface area contributed by atoms with Gasteiger partial charge in [0.15, 0.2) is 0 Å². The van der Waals surface area contributed by atoms with E-state index in [9.17, 15) is 33.3 Å². The number of carboxylic acid groups (broad SMARTS) is 1. The number of aryl methyl sites for hydroxylation is 1. The van der Waals surface area contributed by atoms with Crippen molar-refractivity contribution in [2.24, 2.45) is 0 Å². The number of carboxylic acids is 1. The Balaban J connectivity index is 2.50. The summed E-state index contributed by atoms with van der Waals surface area (Å²) >= 11 is 6.00. The number of hydrogen-bond acceptors (Lipinski definition) is 8. The Morgan fingerprint density at radius 2 is 1.94 bits per heavy atom. The van der Waals surface area contributed by atoms with Crippen molar-refractivity contribution in [1.82, 2.24) is 10.0 Å². The van der Waals surface area contributed by atoms with E-state index in [4.69, 9.17) is 21.4 Å². The van der Waals surface area contributed by atoms with E-state index in [1.165, 1.54) is 18.2 Å². The molecule has 31 heavy (non-hydrogen) atoms. The number of aliphatic carboxylic acids is 1. The molecule has 2 rings (SSSR count). The van der Waals surface area contributed by atoms with Gasteiger partial charge in [0.25, 0.3) is 0 Å². The van der Waals surface area contributed by atoms with Crippen LogP contribution in [-0.4, -0.2) is 77.7 Å². The monoisotopic (exact) mass is 478 g/mol. The molecule has 0 spiro atoms. The lowest BCUT2D eigenvalue weighted by Gasteiger charge is -2.39. The lowest BCUT2D eigenvalue weighted by atomic mass is 9.92. The summed E-state index contributed by atoms with van der Waals surface area (Å²) in [5.74, 6) is -2.93. The molecule has 0 saturated heterocycles. The molecule has 0 fully saturated rings. The molecule has 13 heteroatoms. The lowest BCUT2D eigenvalue weighted by Crippen LogP contribution is -2.63. The van der Waals surface area contributed by atoms with Gasteiger partial charge in [-0.05, 0) is 30.7 Å². The zero-order valence-corrected chi connectivity index (χ0v) is 18.1. The largest absolute Gasteiger partial charge is 0.478 e. The fourth-order valence-electron chi connectivity index (χ4n) is 2.96. The van der Waals surface area contributed by atoms with Crippen molar-refractivity contribution in [3.8, 4) is 0 Å². The first-order chi connectivity index (χ1) is 14.4. The van der Waals surface area contributed by atoms with Crippen molar-refractivity contribution >= 4 is 33.5 Å². The van der Waals surface area contributed by atoms with Crippen LogP contribution in [0.3, 0.4) is 0 Å². The summed E-state index contributed by atoms with van der Waals surface area (Å²) in [6.45, 7) is 1.91. The zero-order valence-electron chi connectivity index (χ0n) is 16.5. The number of ether oxygens (including phenoxy) is 1. The molecule has 0 radical (unpaired) electrons. The van der Waals surface area contributed by atoms with Crippen molar-refractivity contribution in [1.29, 1.82) is 0 Å². The molecule has 1 aromatic carbocycles. The van der Waals surface area contributed by atoms with Crippen molar-refractivity contribution in [3.05, 3.63) is 40.6 Å². The molecule has 0 bridgehead atoms. The van der Waals surface area contributed by atoms with Crippen LogP contribution in [0.4, 0.5) is 0 Å². The normalized spacial score (nSPS) is 23.3. The van der Waals surface area contributed by atoms with E-state index in [2.05, 4.69) is 10.0 Å². The second-order valence-corrected chi connectivity index (χ2v) is 9.06. The fraction of sp³-hybridized carbons (Fsp3) is 0.444. The molecule has 0 saturated carbocycles. The average Bonchev–Trinajstić information content (AvgIpc) is 2.69. The summed E-state index contributed by atoms with van der Waals surface area (Å²) in [5, 5.41) is 41.2. The summed E-state index contributed by atoms with van der Waals surface area (Å²) in [7, 11) is -4.26. The molecule has 11 nitrogen and oxygen atoms in total. The number of aliphatic hydroxyl groups is 3. The number of carbonyl (C=O) groups excluding carboxylic acids is 1. The molecule has 1 aliphatic rings. The minimum Gasteiger partial charge on any atom is -0.478 e. The van der Waals surface area contributed by atoms with Gasteiger partial charge < -0.3 is 30.5 Å². The molecular weight excluding hydrogens is 456 g/mol. The number of amides is 1. The molecule has 1 aliphatic heterocycles. The third-order valence-electron chi connectivity index (χ3n) is 4.58. The van der Waals surface area contributed by atoms with Gasteiger partial charge in [-0.15, -0.1) is 0 Å². The Morgan fingerprint density at radius 3 is 2.45 bits per heavy atom. The van der Waals surface area contributed by atoms with E-state index in [1.807, 2.05) is 0 Å². The van der Waals surface area contributed by atoms with Gasteiger partial charge in [0.1, 0.15) is 18.3 Å². The average molecular weight is 479 g/mol. The smallest absolute Gasteiger partial charge is 0.370 e. The number of halogens is 1. The molecule has 5 atom stereocenters. The van der Waals surface area contributed by atoms with E-state index in [-0.39, 0.29) is 9.92 Å². The van der Waals surface area contributed by atoms with Crippen LogP contribution in [0.2, 0.25) is 5.02 Å². The van der Waals surface area contributed by atoms with Gasteiger partial charge in [-0.2, -0.15) is 0 Å². The number of sulfonamides is 1. The van der Waals surface area contributed by atoms with Gasteiger partial charge in [-0.25, -0.2) is 17.9 Å². The summed E-state index contributed by atoms with van der Waals surface area (Å²) in [5.41, 5.74) is 0.636. The predicted molar refractivity (Wildman–Crippen MR) is 108 cm³/mol. The van der Waals surface area contributed by atoms with Crippen LogP contribution in [-0.2, 0) is 24.3 Å². The number of aliphatic hydroxyl groups excluding tert-OH is 3. The molecule has 1 aromatic rings.